The van der Waals surface area contributed by atoms with Gasteiger partial charge in [-0.25, -0.2) is 0 Å². The van der Waals surface area contributed by atoms with E-state index in [4.69, 9.17) is 4.74 Å². The number of benzene rings is 2. The van der Waals surface area contributed by atoms with Gasteiger partial charge in [0.25, 0.3) is 5.91 Å². The molecule has 2 aliphatic rings. The molecular formula is C24H28F3N3O2. The highest BCUT2D eigenvalue weighted by molar-refractivity contribution is 5.94. The summed E-state index contributed by atoms with van der Waals surface area (Å²) < 4.78 is 44.4. The molecule has 0 spiro atoms. The molecular weight excluding hydrogens is 419 g/mol. The second-order valence-corrected chi connectivity index (χ2v) is 8.34. The molecule has 0 bridgehead atoms. The molecule has 2 aromatic carbocycles. The predicted octanol–water partition coefficient (Wildman–Crippen LogP) is 4.35. The topological polar surface area (TPSA) is 36.0 Å². The van der Waals surface area contributed by atoms with Gasteiger partial charge in [-0.15, -0.1) is 0 Å². The fourth-order valence-electron chi connectivity index (χ4n) is 4.21. The van der Waals surface area contributed by atoms with Crippen molar-refractivity contribution in [1.82, 2.24) is 14.7 Å². The van der Waals surface area contributed by atoms with Crippen molar-refractivity contribution >= 4 is 5.91 Å². The lowest BCUT2D eigenvalue weighted by Gasteiger charge is -2.35. The van der Waals surface area contributed by atoms with Gasteiger partial charge in [-0.3, -0.25) is 9.69 Å². The number of hydrogen-bond acceptors (Lipinski definition) is 4. The van der Waals surface area contributed by atoms with Gasteiger partial charge in [0.1, 0.15) is 11.5 Å². The molecule has 2 saturated heterocycles. The molecule has 0 saturated carbocycles. The number of nitrogens with zero attached hydrogens (tertiary/aromatic N) is 3. The van der Waals surface area contributed by atoms with Crippen molar-refractivity contribution in [2.45, 2.75) is 19.0 Å². The van der Waals surface area contributed by atoms with Gasteiger partial charge in [0.05, 0.1) is 5.56 Å². The normalized spacial score (nSPS) is 18.2. The number of likely N-dealkylation sites (tertiary alicyclic amines) is 1. The summed E-state index contributed by atoms with van der Waals surface area (Å²) in [5.74, 6) is 0.328. The Labute approximate surface area is 186 Å². The summed E-state index contributed by atoms with van der Waals surface area (Å²) in [5.41, 5.74) is -0.301. The van der Waals surface area contributed by atoms with Crippen LogP contribution in [0.5, 0.6) is 11.5 Å². The molecule has 5 nitrogen and oxygen atoms in total. The Morgan fingerprint density at radius 1 is 0.812 bits per heavy atom. The third-order valence-corrected chi connectivity index (χ3v) is 6.07. The van der Waals surface area contributed by atoms with E-state index in [1.165, 1.54) is 38.1 Å². The average molecular weight is 448 g/mol. The van der Waals surface area contributed by atoms with Crippen LogP contribution in [0.3, 0.4) is 0 Å². The Morgan fingerprint density at radius 3 is 2.06 bits per heavy atom. The summed E-state index contributed by atoms with van der Waals surface area (Å²) in [6, 6.07) is 11.3. The molecule has 2 aliphatic heterocycles. The van der Waals surface area contributed by atoms with Crippen LogP contribution in [0.4, 0.5) is 13.2 Å². The van der Waals surface area contributed by atoms with Gasteiger partial charge in [0, 0.05) is 44.8 Å². The molecule has 0 atom stereocenters. The molecule has 0 unspecified atom stereocenters. The van der Waals surface area contributed by atoms with E-state index in [9.17, 15) is 18.0 Å². The fourth-order valence-corrected chi connectivity index (χ4v) is 4.21. The van der Waals surface area contributed by atoms with Crippen molar-refractivity contribution in [2.75, 3.05) is 52.4 Å². The number of alkyl halides is 3. The summed E-state index contributed by atoms with van der Waals surface area (Å²) in [6.07, 6.45) is -1.86. The van der Waals surface area contributed by atoms with E-state index in [-0.39, 0.29) is 11.7 Å². The monoisotopic (exact) mass is 447 g/mol. The number of amides is 1. The van der Waals surface area contributed by atoms with Crippen LogP contribution in [0.1, 0.15) is 28.8 Å². The highest BCUT2D eigenvalue weighted by Gasteiger charge is 2.30. The Bertz CT molecular complexity index is 921. The maximum absolute atomic E-state index is 13.0. The Kier molecular flexibility index (Phi) is 7.01. The van der Waals surface area contributed by atoms with Crippen LogP contribution in [-0.2, 0) is 6.18 Å². The zero-order valence-corrected chi connectivity index (χ0v) is 18.0. The second-order valence-electron chi connectivity index (χ2n) is 8.34. The average Bonchev–Trinajstić information content (AvgIpc) is 3.31. The first-order valence-corrected chi connectivity index (χ1v) is 11.1. The van der Waals surface area contributed by atoms with E-state index in [0.717, 1.165) is 38.3 Å². The predicted molar refractivity (Wildman–Crippen MR) is 116 cm³/mol. The minimum absolute atomic E-state index is 0.0797. The maximum atomic E-state index is 13.0. The third kappa shape index (κ3) is 5.81. The van der Waals surface area contributed by atoms with E-state index in [0.29, 0.717) is 24.4 Å². The molecule has 172 valence electrons. The molecule has 4 rings (SSSR count). The molecule has 0 N–H and O–H groups in total. The number of carbonyl (C=O) groups excluding carboxylic acids is 1. The van der Waals surface area contributed by atoms with Gasteiger partial charge in [0.2, 0.25) is 0 Å². The summed E-state index contributed by atoms with van der Waals surface area (Å²) in [4.78, 5) is 19.7. The summed E-state index contributed by atoms with van der Waals surface area (Å²) in [5, 5.41) is 0. The lowest BCUT2D eigenvalue weighted by atomic mass is 10.1. The van der Waals surface area contributed by atoms with Gasteiger partial charge < -0.3 is 14.5 Å². The van der Waals surface area contributed by atoms with Crippen LogP contribution in [0, 0.1) is 0 Å². The standard InChI is InChI=1S/C24H28F3N3O2/c25-24(26,27)20-6-4-8-22(18-20)32-21-7-3-5-19(17-21)23(31)30-15-13-29(14-16-30)12-11-28-9-1-2-10-28/h3-8,17-18H,1-2,9-16H2. The number of rotatable bonds is 6. The van der Waals surface area contributed by atoms with Gasteiger partial charge >= 0.3 is 6.18 Å². The molecule has 0 aromatic heterocycles. The zero-order valence-electron chi connectivity index (χ0n) is 18.0. The van der Waals surface area contributed by atoms with Gasteiger partial charge in [0.15, 0.2) is 0 Å². The number of hydrogen-bond donors (Lipinski definition) is 0. The van der Waals surface area contributed by atoms with Crippen LogP contribution in [-0.4, -0.2) is 73.0 Å². The molecule has 1 amide bonds. The maximum Gasteiger partial charge on any atom is 0.416 e. The van der Waals surface area contributed by atoms with Gasteiger partial charge in [-0.05, 0) is 62.3 Å². The van der Waals surface area contributed by atoms with E-state index in [1.54, 1.807) is 24.3 Å². The lowest BCUT2D eigenvalue weighted by Crippen LogP contribution is -2.50. The molecule has 2 fully saturated rings. The van der Waals surface area contributed by atoms with Crippen molar-refractivity contribution in [1.29, 1.82) is 0 Å². The molecule has 8 heteroatoms. The minimum atomic E-state index is -4.44. The Morgan fingerprint density at radius 2 is 1.41 bits per heavy atom. The van der Waals surface area contributed by atoms with Crippen molar-refractivity contribution in [3.05, 3.63) is 59.7 Å². The first-order chi connectivity index (χ1) is 15.4. The van der Waals surface area contributed by atoms with Crippen LogP contribution in [0.2, 0.25) is 0 Å². The minimum Gasteiger partial charge on any atom is -0.457 e. The van der Waals surface area contributed by atoms with Gasteiger partial charge in [-0.1, -0.05) is 12.1 Å². The summed E-state index contributed by atoms with van der Waals surface area (Å²) in [6.45, 7) is 7.52. The summed E-state index contributed by atoms with van der Waals surface area (Å²) >= 11 is 0. The highest BCUT2D eigenvalue weighted by Crippen LogP contribution is 2.32. The van der Waals surface area contributed by atoms with Crippen LogP contribution in [0.15, 0.2) is 48.5 Å². The smallest absolute Gasteiger partial charge is 0.416 e. The Hall–Kier alpha value is -2.58. The molecule has 0 radical (unpaired) electrons. The highest BCUT2D eigenvalue weighted by atomic mass is 19.4. The molecule has 2 heterocycles. The molecule has 32 heavy (non-hydrogen) atoms. The quantitative estimate of drug-likeness (QED) is 0.660. The van der Waals surface area contributed by atoms with Crippen molar-refractivity contribution in [2.24, 2.45) is 0 Å². The van der Waals surface area contributed by atoms with E-state index in [1.807, 2.05) is 4.90 Å². The number of ether oxygens (including phenoxy) is 1. The number of carbonyl (C=O) groups is 1. The first-order valence-electron chi connectivity index (χ1n) is 11.1. The summed E-state index contributed by atoms with van der Waals surface area (Å²) in [7, 11) is 0. The molecule has 2 aromatic rings. The van der Waals surface area contributed by atoms with E-state index >= 15 is 0 Å². The van der Waals surface area contributed by atoms with Crippen LogP contribution < -0.4 is 4.74 Å². The zero-order chi connectivity index (χ0) is 22.6. The van der Waals surface area contributed by atoms with Crippen LogP contribution in [0.25, 0.3) is 0 Å². The van der Waals surface area contributed by atoms with Crippen molar-refractivity contribution in [3.63, 3.8) is 0 Å². The van der Waals surface area contributed by atoms with Crippen LogP contribution >= 0.6 is 0 Å². The number of piperazine rings is 1. The third-order valence-electron chi connectivity index (χ3n) is 6.07. The fraction of sp³-hybridized carbons (Fsp3) is 0.458. The lowest BCUT2D eigenvalue weighted by molar-refractivity contribution is -0.137. The largest absolute Gasteiger partial charge is 0.457 e. The van der Waals surface area contributed by atoms with E-state index in [2.05, 4.69) is 9.80 Å². The van der Waals surface area contributed by atoms with Crippen molar-refractivity contribution in [3.8, 4) is 11.5 Å². The van der Waals surface area contributed by atoms with E-state index < -0.39 is 11.7 Å². The number of halogens is 3. The Balaban J connectivity index is 1.33. The van der Waals surface area contributed by atoms with Crippen molar-refractivity contribution < 1.29 is 22.7 Å². The second kappa shape index (κ2) is 9.92. The first kappa shape index (κ1) is 22.6. The molecule has 0 aliphatic carbocycles. The SMILES string of the molecule is O=C(c1cccc(Oc2cccc(C(F)(F)F)c2)c1)N1CCN(CCN2CCCC2)CC1. The van der Waals surface area contributed by atoms with Gasteiger partial charge in [-0.2, -0.15) is 13.2 Å².